The lowest BCUT2D eigenvalue weighted by Gasteiger charge is -2.17. The van der Waals surface area contributed by atoms with E-state index in [1.165, 1.54) is 0 Å². The molecular formula is C10H8ClF3O4. The Hall–Kier alpha value is -1.47. The monoisotopic (exact) mass is 284 g/mol. The highest BCUT2D eigenvalue weighted by atomic mass is 35.5. The fraction of sp³-hybridized carbons (Fsp3) is 0.300. The van der Waals surface area contributed by atoms with E-state index in [4.69, 9.17) is 16.7 Å². The van der Waals surface area contributed by atoms with Crippen LogP contribution in [0.25, 0.3) is 0 Å². The van der Waals surface area contributed by atoms with E-state index in [0.717, 1.165) is 7.11 Å². The number of phenolic OH excluding ortho intramolecular Hbond substituents is 1. The molecule has 0 aromatic heterocycles. The average Bonchev–Trinajstić information content (AvgIpc) is 2.28. The molecular weight excluding hydrogens is 277 g/mol. The maximum absolute atomic E-state index is 12.7. The van der Waals surface area contributed by atoms with Crippen LogP contribution in [-0.4, -0.2) is 23.3 Å². The van der Waals surface area contributed by atoms with Gasteiger partial charge in [0.1, 0.15) is 5.75 Å². The van der Waals surface area contributed by atoms with Crippen LogP contribution in [0.2, 0.25) is 5.02 Å². The smallest absolute Gasteiger partial charge is 0.416 e. The molecule has 0 spiro atoms. The topological polar surface area (TPSA) is 66.8 Å². The number of esters is 1. The van der Waals surface area contributed by atoms with Crippen LogP contribution in [0, 0.1) is 0 Å². The first-order valence-corrected chi connectivity index (χ1v) is 4.91. The zero-order valence-electron chi connectivity index (χ0n) is 8.95. The number of methoxy groups -OCH3 is 1. The Balaban J connectivity index is 3.41. The van der Waals surface area contributed by atoms with Crippen molar-refractivity contribution in [3.63, 3.8) is 0 Å². The fourth-order valence-corrected chi connectivity index (χ4v) is 1.46. The van der Waals surface area contributed by atoms with Crippen molar-refractivity contribution in [2.45, 2.75) is 12.3 Å². The summed E-state index contributed by atoms with van der Waals surface area (Å²) in [6, 6.07) is 1.01. The van der Waals surface area contributed by atoms with Gasteiger partial charge in [0.25, 0.3) is 0 Å². The van der Waals surface area contributed by atoms with Gasteiger partial charge in [-0.05, 0) is 12.1 Å². The van der Waals surface area contributed by atoms with E-state index < -0.39 is 40.1 Å². The predicted molar refractivity (Wildman–Crippen MR) is 55.1 cm³/mol. The molecule has 0 aliphatic heterocycles. The fourth-order valence-electron chi connectivity index (χ4n) is 1.29. The summed E-state index contributed by atoms with van der Waals surface area (Å²) < 4.78 is 42.2. The molecule has 0 aliphatic carbocycles. The molecule has 1 unspecified atom stereocenters. The number of aromatic hydroxyl groups is 1. The zero-order chi connectivity index (χ0) is 14.1. The van der Waals surface area contributed by atoms with Gasteiger partial charge in [-0.1, -0.05) is 11.6 Å². The van der Waals surface area contributed by atoms with Gasteiger partial charge in [0, 0.05) is 5.56 Å². The number of rotatable bonds is 2. The molecule has 0 fully saturated rings. The first kappa shape index (κ1) is 14.6. The van der Waals surface area contributed by atoms with E-state index in [2.05, 4.69) is 4.74 Å². The Labute approximate surface area is 105 Å². The van der Waals surface area contributed by atoms with Gasteiger partial charge in [0.2, 0.25) is 0 Å². The number of hydrogen-bond acceptors (Lipinski definition) is 4. The number of halogens is 4. The molecule has 0 amide bonds. The minimum absolute atomic E-state index is 0.337. The normalized spacial score (nSPS) is 13.2. The van der Waals surface area contributed by atoms with Crippen molar-refractivity contribution in [1.29, 1.82) is 0 Å². The van der Waals surface area contributed by atoms with Gasteiger partial charge in [-0.15, -0.1) is 0 Å². The van der Waals surface area contributed by atoms with Crippen LogP contribution in [0.15, 0.2) is 12.1 Å². The number of alkyl halides is 3. The van der Waals surface area contributed by atoms with Crippen molar-refractivity contribution in [2.75, 3.05) is 7.11 Å². The highest BCUT2D eigenvalue weighted by Gasteiger charge is 2.37. The van der Waals surface area contributed by atoms with Crippen LogP contribution >= 0.6 is 11.6 Å². The van der Waals surface area contributed by atoms with Crippen molar-refractivity contribution >= 4 is 17.6 Å². The Morgan fingerprint density at radius 3 is 2.44 bits per heavy atom. The van der Waals surface area contributed by atoms with Gasteiger partial charge in [-0.2, -0.15) is 13.2 Å². The summed E-state index contributed by atoms with van der Waals surface area (Å²) in [6.07, 6.45) is -6.99. The summed E-state index contributed by atoms with van der Waals surface area (Å²) in [5, 5.41) is 18.2. The zero-order valence-corrected chi connectivity index (χ0v) is 9.71. The second-order valence-electron chi connectivity index (χ2n) is 3.31. The molecule has 8 heteroatoms. The lowest BCUT2D eigenvalue weighted by molar-refractivity contribution is -0.152. The lowest BCUT2D eigenvalue weighted by atomic mass is 10.0. The van der Waals surface area contributed by atoms with Crippen molar-refractivity contribution in [3.05, 3.63) is 28.3 Å². The molecule has 1 aromatic carbocycles. The second-order valence-corrected chi connectivity index (χ2v) is 3.72. The number of phenols is 1. The van der Waals surface area contributed by atoms with E-state index >= 15 is 0 Å². The van der Waals surface area contributed by atoms with Gasteiger partial charge in [-0.25, -0.2) is 4.79 Å². The summed E-state index contributed by atoms with van der Waals surface area (Å²) in [4.78, 5) is 11.0. The largest absolute Gasteiger partial charge is 0.506 e. The molecule has 4 nitrogen and oxygen atoms in total. The number of ether oxygens (including phenoxy) is 1. The summed E-state index contributed by atoms with van der Waals surface area (Å²) in [7, 11) is 0.917. The molecule has 1 atom stereocenters. The lowest BCUT2D eigenvalue weighted by Crippen LogP contribution is -2.19. The number of carbonyl (C=O) groups is 1. The standard InChI is InChI=1S/C10H8ClF3O4/c1-18-9(17)8(16)4-2-6(11)7(15)3-5(4)10(12,13)14/h2-3,8,15-16H,1H3. The van der Waals surface area contributed by atoms with E-state index in [1.807, 2.05) is 0 Å². The van der Waals surface area contributed by atoms with Crippen LogP contribution in [0.5, 0.6) is 5.75 Å². The molecule has 1 rings (SSSR count). The van der Waals surface area contributed by atoms with Gasteiger partial charge in [-0.3, -0.25) is 0 Å². The maximum atomic E-state index is 12.7. The SMILES string of the molecule is COC(=O)C(O)c1cc(Cl)c(O)cc1C(F)(F)F. The van der Waals surface area contributed by atoms with Crippen LogP contribution < -0.4 is 0 Å². The molecule has 0 aliphatic rings. The minimum atomic E-state index is -4.85. The molecule has 0 saturated carbocycles. The number of benzene rings is 1. The predicted octanol–water partition coefficient (Wildman–Crippen LogP) is 2.27. The van der Waals surface area contributed by atoms with Gasteiger partial charge < -0.3 is 14.9 Å². The highest BCUT2D eigenvalue weighted by Crippen LogP contribution is 2.39. The van der Waals surface area contributed by atoms with Gasteiger partial charge >= 0.3 is 12.1 Å². The summed E-state index contributed by atoms with van der Waals surface area (Å²) >= 11 is 5.45. The molecule has 0 heterocycles. The molecule has 0 bridgehead atoms. The average molecular weight is 285 g/mol. The molecule has 1 aromatic rings. The van der Waals surface area contributed by atoms with Gasteiger partial charge in [0.15, 0.2) is 6.10 Å². The van der Waals surface area contributed by atoms with Crippen molar-refractivity contribution in [3.8, 4) is 5.75 Å². The Kier molecular flexibility index (Phi) is 4.08. The van der Waals surface area contributed by atoms with E-state index in [1.54, 1.807) is 0 Å². The molecule has 2 N–H and O–H groups in total. The third-order valence-electron chi connectivity index (χ3n) is 2.14. The van der Waals surface area contributed by atoms with Crippen LogP contribution in [0.3, 0.4) is 0 Å². The highest BCUT2D eigenvalue weighted by molar-refractivity contribution is 6.32. The van der Waals surface area contributed by atoms with Crippen LogP contribution in [-0.2, 0) is 15.7 Å². The molecule has 0 saturated heterocycles. The van der Waals surface area contributed by atoms with E-state index in [0.29, 0.717) is 12.1 Å². The van der Waals surface area contributed by atoms with Crippen molar-refractivity contribution in [2.24, 2.45) is 0 Å². The number of hydrogen-bond donors (Lipinski definition) is 2. The quantitative estimate of drug-likeness (QED) is 0.818. The first-order valence-electron chi connectivity index (χ1n) is 4.54. The summed E-state index contributed by atoms with van der Waals surface area (Å²) in [5.74, 6) is -2.06. The molecule has 100 valence electrons. The van der Waals surface area contributed by atoms with Crippen LogP contribution in [0.4, 0.5) is 13.2 Å². The van der Waals surface area contributed by atoms with E-state index in [9.17, 15) is 23.1 Å². The third-order valence-corrected chi connectivity index (χ3v) is 2.45. The second kappa shape index (κ2) is 5.03. The Bertz CT molecular complexity index is 473. The Morgan fingerprint density at radius 1 is 1.44 bits per heavy atom. The Morgan fingerprint density at radius 2 is 2.00 bits per heavy atom. The van der Waals surface area contributed by atoms with E-state index in [-0.39, 0.29) is 0 Å². The number of aliphatic hydroxyl groups is 1. The summed E-state index contributed by atoms with van der Waals surface area (Å²) in [5.41, 5.74) is -2.14. The van der Waals surface area contributed by atoms with Crippen LogP contribution in [0.1, 0.15) is 17.2 Å². The molecule has 0 radical (unpaired) electrons. The van der Waals surface area contributed by atoms with Gasteiger partial charge in [0.05, 0.1) is 17.7 Å². The first-order chi connectivity index (χ1) is 8.18. The number of aliphatic hydroxyl groups excluding tert-OH is 1. The molecule has 18 heavy (non-hydrogen) atoms. The van der Waals surface area contributed by atoms with Crippen molar-refractivity contribution in [1.82, 2.24) is 0 Å². The maximum Gasteiger partial charge on any atom is 0.416 e. The van der Waals surface area contributed by atoms with Crippen molar-refractivity contribution < 1.29 is 32.9 Å². The summed E-state index contributed by atoms with van der Waals surface area (Å²) in [6.45, 7) is 0. The minimum Gasteiger partial charge on any atom is -0.506 e. The third kappa shape index (κ3) is 2.85. The number of carbonyl (C=O) groups excluding carboxylic acids is 1.